The van der Waals surface area contributed by atoms with E-state index in [0.717, 1.165) is 0 Å². The number of hydrogen-bond acceptors (Lipinski definition) is 5. The molecular weight excluding hydrogens is 253 g/mol. The summed E-state index contributed by atoms with van der Waals surface area (Å²) in [7, 11) is 0. The largest absolute Gasteiger partial charge is 0.445 e. The van der Waals surface area contributed by atoms with Gasteiger partial charge in [0.05, 0.1) is 0 Å². The maximum absolute atomic E-state index is 12.3. The fraction of sp³-hybridized carbons (Fsp3) is 0.778. The Balaban J connectivity index is 2.70. The first-order chi connectivity index (χ1) is 7.84. The minimum absolute atomic E-state index is 0.00836. The minimum atomic E-state index is -4.43. The second kappa shape index (κ2) is 5.63. The van der Waals surface area contributed by atoms with Crippen molar-refractivity contribution in [2.24, 2.45) is 11.7 Å². The van der Waals surface area contributed by atoms with Gasteiger partial charge in [-0.1, -0.05) is 25.2 Å². The number of alkyl halides is 3. The van der Waals surface area contributed by atoms with E-state index in [2.05, 4.69) is 15.5 Å². The average molecular weight is 268 g/mol. The van der Waals surface area contributed by atoms with Crippen molar-refractivity contribution in [1.29, 1.82) is 0 Å². The molecule has 0 aliphatic rings. The molecule has 3 N–H and O–H groups in total. The van der Waals surface area contributed by atoms with Crippen LogP contribution in [0.2, 0.25) is 0 Å². The van der Waals surface area contributed by atoms with E-state index in [-0.39, 0.29) is 17.1 Å². The highest BCUT2D eigenvalue weighted by Gasteiger charge is 2.35. The monoisotopic (exact) mass is 268 g/mol. The normalized spacial score (nSPS) is 14.1. The Morgan fingerprint density at radius 3 is 2.41 bits per heavy atom. The van der Waals surface area contributed by atoms with Gasteiger partial charge in [-0.15, -0.1) is 10.2 Å². The molecule has 0 aliphatic heterocycles. The van der Waals surface area contributed by atoms with Crippen molar-refractivity contribution in [3.63, 3.8) is 0 Å². The van der Waals surface area contributed by atoms with E-state index in [1.54, 1.807) is 0 Å². The summed E-state index contributed by atoms with van der Waals surface area (Å²) >= 11 is 0.512. The summed E-state index contributed by atoms with van der Waals surface area (Å²) < 4.78 is 36.9. The summed E-state index contributed by atoms with van der Waals surface area (Å²) in [6.45, 7) is 4.42. The first-order valence-electron chi connectivity index (χ1n) is 5.22. The van der Waals surface area contributed by atoms with Crippen molar-refractivity contribution >= 4 is 16.5 Å². The van der Waals surface area contributed by atoms with Crippen LogP contribution in [0, 0.1) is 5.92 Å². The molecule has 17 heavy (non-hydrogen) atoms. The van der Waals surface area contributed by atoms with Crippen molar-refractivity contribution < 1.29 is 13.2 Å². The smallest absolute Gasteiger partial charge is 0.357 e. The Hall–Kier alpha value is -0.890. The van der Waals surface area contributed by atoms with E-state index in [4.69, 9.17) is 5.73 Å². The Bertz CT molecular complexity index is 350. The summed E-state index contributed by atoms with van der Waals surface area (Å²) in [6, 6.07) is 0.00836. The van der Waals surface area contributed by atoms with Crippen molar-refractivity contribution in [3.8, 4) is 0 Å². The van der Waals surface area contributed by atoms with Gasteiger partial charge in [-0.3, -0.25) is 0 Å². The van der Waals surface area contributed by atoms with Crippen molar-refractivity contribution in [2.45, 2.75) is 32.5 Å². The van der Waals surface area contributed by atoms with Gasteiger partial charge in [-0.25, -0.2) is 0 Å². The van der Waals surface area contributed by atoms with Crippen LogP contribution in [0.3, 0.4) is 0 Å². The number of rotatable bonds is 5. The van der Waals surface area contributed by atoms with Crippen LogP contribution in [0.4, 0.5) is 18.3 Å². The van der Waals surface area contributed by atoms with Crippen molar-refractivity contribution in [2.75, 3.05) is 11.9 Å². The van der Waals surface area contributed by atoms with Gasteiger partial charge in [0.15, 0.2) is 0 Å². The number of nitrogens with one attached hydrogen (secondary N) is 1. The summed E-state index contributed by atoms with van der Waals surface area (Å²) in [5, 5.41) is 8.78. The van der Waals surface area contributed by atoms with E-state index >= 15 is 0 Å². The molecular formula is C9H15F3N4S. The molecule has 1 aromatic rings. The zero-order valence-electron chi connectivity index (χ0n) is 9.58. The second-order valence-electron chi connectivity index (χ2n) is 3.98. The molecule has 0 spiro atoms. The standard InChI is InChI=1S/C9H15F3N4S/c1-5(2)6(3-4-13)14-8-16-15-7(17-8)9(10,11)12/h5-6H,3-4,13H2,1-2H3,(H,14,16). The molecule has 1 aromatic heterocycles. The van der Waals surface area contributed by atoms with Crippen LogP contribution >= 0.6 is 11.3 Å². The van der Waals surface area contributed by atoms with Crippen LogP contribution in [0.1, 0.15) is 25.3 Å². The fourth-order valence-electron chi connectivity index (χ4n) is 1.31. The lowest BCUT2D eigenvalue weighted by Crippen LogP contribution is -2.28. The zero-order chi connectivity index (χ0) is 13.1. The maximum atomic E-state index is 12.3. The molecule has 4 nitrogen and oxygen atoms in total. The van der Waals surface area contributed by atoms with E-state index < -0.39 is 11.2 Å². The molecule has 0 fully saturated rings. The van der Waals surface area contributed by atoms with Crippen molar-refractivity contribution in [3.05, 3.63) is 5.01 Å². The van der Waals surface area contributed by atoms with E-state index in [0.29, 0.717) is 24.3 Å². The van der Waals surface area contributed by atoms with Gasteiger partial charge in [-0.05, 0) is 18.9 Å². The van der Waals surface area contributed by atoms with Crippen molar-refractivity contribution in [1.82, 2.24) is 10.2 Å². The van der Waals surface area contributed by atoms with Gasteiger partial charge >= 0.3 is 6.18 Å². The zero-order valence-corrected chi connectivity index (χ0v) is 10.4. The number of anilines is 1. The van der Waals surface area contributed by atoms with Gasteiger partial charge in [0.1, 0.15) is 0 Å². The molecule has 8 heteroatoms. The molecule has 1 rings (SSSR count). The SMILES string of the molecule is CC(C)C(CCN)Nc1nnc(C(F)(F)F)s1. The Morgan fingerprint density at radius 1 is 1.35 bits per heavy atom. The van der Waals surface area contributed by atoms with Crippen LogP contribution in [0.5, 0.6) is 0 Å². The van der Waals surface area contributed by atoms with Crippen LogP contribution in [0.15, 0.2) is 0 Å². The first-order valence-corrected chi connectivity index (χ1v) is 6.03. The quantitative estimate of drug-likeness (QED) is 0.860. The lowest BCUT2D eigenvalue weighted by atomic mass is 10.0. The molecule has 0 aliphatic carbocycles. The van der Waals surface area contributed by atoms with Gasteiger partial charge in [0, 0.05) is 6.04 Å². The lowest BCUT2D eigenvalue weighted by Gasteiger charge is -2.20. The van der Waals surface area contributed by atoms with Crippen LogP contribution in [0.25, 0.3) is 0 Å². The Kier molecular flexibility index (Phi) is 4.70. The average Bonchev–Trinajstić information content (AvgIpc) is 2.64. The molecule has 98 valence electrons. The summed E-state index contributed by atoms with van der Waals surface area (Å²) in [4.78, 5) is 0. The molecule has 0 amide bonds. The highest BCUT2D eigenvalue weighted by Crippen LogP contribution is 2.33. The first kappa shape index (κ1) is 14.2. The number of aromatic nitrogens is 2. The van der Waals surface area contributed by atoms with Gasteiger partial charge in [0.2, 0.25) is 10.1 Å². The van der Waals surface area contributed by atoms with Crippen LogP contribution < -0.4 is 11.1 Å². The third-order valence-corrected chi connectivity index (χ3v) is 3.16. The summed E-state index contributed by atoms with van der Waals surface area (Å²) in [5.74, 6) is 0.261. The molecule has 0 saturated carbocycles. The number of nitrogens with two attached hydrogens (primary N) is 1. The Morgan fingerprint density at radius 2 is 2.00 bits per heavy atom. The number of hydrogen-bond donors (Lipinski definition) is 2. The third kappa shape index (κ3) is 4.12. The lowest BCUT2D eigenvalue weighted by molar-refractivity contribution is -0.138. The molecule has 0 bridgehead atoms. The third-order valence-electron chi connectivity index (χ3n) is 2.26. The van der Waals surface area contributed by atoms with Gasteiger partial charge in [0.25, 0.3) is 0 Å². The highest BCUT2D eigenvalue weighted by atomic mass is 32.1. The second-order valence-corrected chi connectivity index (χ2v) is 4.96. The minimum Gasteiger partial charge on any atom is -0.357 e. The topological polar surface area (TPSA) is 63.8 Å². The molecule has 1 atom stereocenters. The Labute approximate surface area is 101 Å². The highest BCUT2D eigenvalue weighted by molar-refractivity contribution is 7.15. The predicted molar refractivity (Wildman–Crippen MR) is 60.8 cm³/mol. The summed E-state index contributed by atoms with van der Waals surface area (Å²) in [6.07, 6.45) is -3.75. The molecule has 0 radical (unpaired) electrons. The maximum Gasteiger partial charge on any atom is 0.445 e. The van der Waals surface area contributed by atoms with Crippen LogP contribution in [-0.2, 0) is 6.18 Å². The number of nitrogens with zero attached hydrogens (tertiary/aromatic N) is 2. The van der Waals surface area contributed by atoms with E-state index in [1.807, 2.05) is 13.8 Å². The molecule has 1 heterocycles. The molecule has 0 saturated heterocycles. The summed E-state index contributed by atoms with van der Waals surface area (Å²) in [5.41, 5.74) is 5.44. The molecule has 1 unspecified atom stereocenters. The van der Waals surface area contributed by atoms with Gasteiger partial charge in [-0.2, -0.15) is 13.2 Å². The van der Waals surface area contributed by atoms with E-state index in [9.17, 15) is 13.2 Å². The van der Waals surface area contributed by atoms with Crippen LogP contribution in [-0.4, -0.2) is 22.8 Å². The predicted octanol–water partition coefficient (Wildman–Crippen LogP) is 2.34. The molecule has 0 aromatic carbocycles. The fourth-order valence-corrected chi connectivity index (χ4v) is 1.98. The van der Waals surface area contributed by atoms with E-state index in [1.165, 1.54) is 0 Å². The number of halogens is 3. The van der Waals surface area contributed by atoms with Gasteiger partial charge < -0.3 is 11.1 Å².